The molecular weight excluding hydrogens is 741 g/mol. The summed E-state index contributed by atoms with van der Waals surface area (Å²) in [5.74, 6) is 0.768. The van der Waals surface area contributed by atoms with Gasteiger partial charge in [-0.05, 0) is 85.8 Å². The summed E-state index contributed by atoms with van der Waals surface area (Å²) in [5.41, 5.74) is 15.1. The molecule has 9 aromatic carbocycles. The van der Waals surface area contributed by atoms with Gasteiger partial charge in [0.25, 0.3) is 0 Å². The van der Waals surface area contributed by atoms with E-state index in [1.54, 1.807) is 0 Å². The summed E-state index contributed by atoms with van der Waals surface area (Å²) in [5, 5.41) is 4.29. The van der Waals surface area contributed by atoms with Crippen LogP contribution in [0.4, 0.5) is 17.2 Å². The Morgan fingerprint density at radius 3 is 1.74 bits per heavy atom. The average Bonchev–Trinajstić information content (AvgIpc) is 3.86. The topological polar surface area (TPSA) is 29.3 Å². The van der Waals surface area contributed by atoms with Gasteiger partial charge in [0.05, 0.1) is 11.1 Å². The van der Waals surface area contributed by atoms with Crippen LogP contribution in [-0.2, 0) is 5.41 Å². The number of benzene rings is 9. The van der Waals surface area contributed by atoms with E-state index in [1.807, 2.05) is 6.20 Å². The maximum atomic E-state index is 6.80. The molecule has 0 aliphatic heterocycles. The van der Waals surface area contributed by atoms with E-state index >= 15 is 0 Å². The SMILES string of the molecule is c1ccc(-c2ccc(N(c3cc4oc5c6ccccc6ccc5c4cn3)c3cc4c(cc3-c3ccccc3)C(c3ccccc3)(c3ccccc3)c3ccccc3-4)cc2)cc1. The van der Waals surface area contributed by atoms with Crippen LogP contribution in [0.15, 0.2) is 235 Å². The summed E-state index contributed by atoms with van der Waals surface area (Å²) in [6.45, 7) is 0. The first-order valence-corrected chi connectivity index (χ1v) is 20.9. The molecule has 61 heavy (non-hydrogen) atoms. The van der Waals surface area contributed by atoms with E-state index in [-0.39, 0.29) is 0 Å². The summed E-state index contributed by atoms with van der Waals surface area (Å²) in [7, 11) is 0. The highest BCUT2D eigenvalue weighted by atomic mass is 16.3. The number of furan rings is 1. The first-order chi connectivity index (χ1) is 30.3. The molecule has 0 atom stereocenters. The normalized spacial score (nSPS) is 12.7. The van der Waals surface area contributed by atoms with Gasteiger partial charge in [0.15, 0.2) is 0 Å². The summed E-state index contributed by atoms with van der Waals surface area (Å²) in [6.07, 6.45) is 1.98. The molecule has 0 radical (unpaired) electrons. The molecule has 3 nitrogen and oxygen atoms in total. The van der Waals surface area contributed by atoms with Gasteiger partial charge in [0.2, 0.25) is 0 Å². The van der Waals surface area contributed by atoms with Crippen molar-refractivity contribution in [2.24, 2.45) is 0 Å². The Kier molecular flexibility index (Phi) is 8.07. The Labute approximate surface area is 354 Å². The Bertz CT molecular complexity index is 3350. The van der Waals surface area contributed by atoms with Crippen molar-refractivity contribution in [2.75, 3.05) is 4.90 Å². The zero-order chi connectivity index (χ0) is 40.3. The highest BCUT2D eigenvalue weighted by Crippen LogP contribution is 2.59. The molecule has 2 aromatic heterocycles. The van der Waals surface area contributed by atoms with Crippen molar-refractivity contribution in [3.8, 4) is 33.4 Å². The summed E-state index contributed by atoms with van der Waals surface area (Å²) >= 11 is 0. The first-order valence-electron chi connectivity index (χ1n) is 20.9. The molecule has 12 rings (SSSR count). The van der Waals surface area contributed by atoms with E-state index in [0.29, 0.717) is 0 Å². The third-order valence-electron chi connectivity index (χ3n) is 12.6. The van der Waals surface area contributed by atoms with Crippen LogP contribution in [-0.4, -0.2) is 4.98 Å². The minimum Gasteiger partial charge on any atom is -0.455 e. The van der Waals surface area contributed by atoms with E-state index < -0.39 is 5.41 Å². The van der Waals surface area contributed by atoms with Crippen molar-refractivity contribution in [3.05, 3.63) is 253 Å². The highest BCUT2D eigenvalue weighted by Gasteiger charge is 2.46. The molecule has 1 aliphatic carbocycles. The van der Waals surface area contributed by atoms with Crippen LogP contribution in [0.25, 0.3) is 66.1 Å². The van der Waals surface area contributed by atoms with Gasteiger partial charge < -0.3 is 4.42 Å². The van der Waals surface area contributed by atoms with Crippen LogP contribution in [0.2, 0.25) is 0 Å². The number of anilines is 3. The van der Waals surface area contributed by atoms with Gasteiger partial charge >= 0.3 is 0 Å². The second-order valence-corrected chi connectivity index (χ2v) is 15.9. The monoisotopic (exact) mass is 778 g/mol. The van der Waals surface area contributed by atoms with Gasteiger partial charge in [-0.3, -0.25) is 4.90 Å². The lowest BCUT2D eigenvalue weighted by Gasteiger charge is -2.35. The van der Waals surface area contributed by atoms with E-state index in [1.165, 1.54) is 38.9 Å². The molecule has 0 N–H and O–H groups in total. The van der Waals surface area contributed by atoms with Gasteiger partial charge in [-0.15, -0.1) is 0 Å². The van der Waals surface area contributed by atoms with E-state index in [0.717, 1.165) is 66.6 Å². The van der Waals surface area contributed by atoms with Gasteiger partial charge in [-0.2, -0.15) is 0 Å². The lowest BCUT2D eigenvalue weighted by molar-refractivity contribution is 0.672. The highest BCUT2D eigenvalue weighted by molar-refractivity contribution is 6.15. The Hall–Kier alpha value is -8.01. The second-order valence-electron chi connectivity index (χ2n) is 15.9. The maximum Gasteiger partial charge on any atom is 0.143 e. The molecule has 0 amide bonds. The minimum atomic E-state index is -0.549. The maximum absolute atomic E-state index is 6.80. The van der Waals surface area contributed by atoms with Crippen molar-refractivity contribution < 1.29 is 4.42 Å². The van der Waals surface area contributed by atoms with Gasteiger partial charge in [-0.25, -0.2) is 4.98 Å². The number of pyridine rings is 1. The molecule has 3 heteroatoms. The Morgan fingerprint density at radius 2 is 1.02 bits per heavy atom. The van der Waals surface area contributed by atoms with Crippen molar-refractivity contribution in [1.82, 2.24) is 4.98 Å². The van der Waals surface area contributed by atoms with E-state index in [2.05, 4.69) is 229 Å². The number of rotatable bonds is 7. The molecule has 0 saturated heterocycles. The average molecular weight is 779 g/mol. The predicted octanol–water partition coefficient (Wildman–Crippen LogP) is 15.3. The van der Waals surface area contributed by atoms with Crippen LogP contribution < -0.4 is 4.90 Å². The van der Waals surface area contributed by atoms with Crippen molar-refractivity contribution in [1.29, 1.82) is 0 Å². The standard InChI is InChI=1S/C58H38N2O/c1-5-17-39(18-6-1)40-29-32-45(33-30-40)60(56-37-55-51(38-59-56)48-34-31-42-21-13-14-26-46(42)57(48)61-55)54-36-50-47-27-15-16-28-52(47)58(43-22-9-3-10-23-43,44-24-11-4-12-25-44)53(50)35-49(54)41-19-7-2-8-20-41/h1-38H. The quantitative estimate of drug-likeness (QED) is 0.161. The second kappa shape index (κ2) is 14.1. The van der Waals surface area contributed by atoms with Crippen LogP contribution in [0.3, 0.4) is 0 Å². The molecule has 1 aliphatic rings. The third kappa shape index (κ3) is 5.48. The Balaban J connectivity index is 1.16. The third-order valence-corrected chi connectivity index (χ3v) is 12.6. The van der Waals surface area contributed by atoms with Crippen molar-refractivity contribution in [2.45, 2.75) is 5.41 Å². The largest absolute Gasteiger partial charge is 0.455 e. The number of nitrogens with zero attached hydrogens (tertiary/aromatic N) is 2. The number of hydrogen-bond acceptors (Lipinski definition) is 3. The lowest BCUT2D eigenvalue weighted by atomic mass is 9.67. The first kappa shape index (κ1) is 35.0. The number of fused-ring (bicyclic) bond motifs is 8. The number of hydrogen-bond donors (Lipinski definition) is 0. The summed E-state index contributed by atoms with van der Waals surface area (Å²) in [4.78, 5) is 7.62. The molecule has 0 unspecified atom stereocenters. The van der Waals surface area contributed by atoms with Crippen LogP contribution in [0.5, 0.6) is 0 Å². The van der Waals surface area contributed by atoms with E-state index in [9.17, 15) is 0 Å². The van der Waals surface area contributed by atoms with Crippen LogP contribution in [0.1, 0.15) is 22.3 Å². The molecule has 0 saturated carbocycles. The molecule has 0 bridgehead atoms. The summed E-state index contributed by atoms with van der Waals surface area (Å²) < 4.78 is 6.80. The smallest absolute Gasteiger partial charge is 0.143 e. The van der Waals surface area contributed by atoms with E-state index in [4.69, 9.17) is 9.40 Å². The molecule has 0 fully saturated rings. The molecule has 286 valence electrons. The molecular formula is C58H38N2O. The van der Waals surface area contributed by atoms with Crippen molar-refractivity contribution >= 4 is 49.9 Å². The van der Waals surface area contributed by atoms with Gasteiger partial charge in [0, 0.05) is 39.7 Å². The fraction of sp³-hybridized carbons (Fsp3) is 0.0172. The zero-order valence-corrected chi connectivity index (χ0v) is 33.2. The minimum absolute atomic E-state index is 0.549. The van der Waals surface area contributed by atoms with Crippen LogP contribution >= 0.6 is 0 Å². The molecule has 2 heterocycles. The molecule has 0 spiro atoms. The lowest BCUT2D eigenvalue weighted by Crippen LogP contribution is -2.28. The summed E-state index contributed by atoms with van der Waals surface area (Å²) in [6, 6.07) is 80.9. The Morgan fingerprint density at radius 1 is 0.410 bits per heavy atom. The van der Waals surface area contributed by atoms with Gasteiger partial charge in [0.1, 0.15) is 17.0 Å². The predicted molar refractivity (Wildman–Crippen MR) is 252 cm³/mol. The zero-order valence-electron chi connectivity index (χ0n) is 33.2. The van der Waals surface area contributed by atoms with Crippen LogP contribution in [0, 0.1) is 0 Å². The van der Waals surface area contributed by atoms with Gasteiger partial charge in [-0.1, -0.05) is 188 Å². The number of aromatic nitrogens is 1. The van der Waals surface area contributed by atoms with Crippen molar-refractivity contribution in [3.63, 3.8) is 0 Å². The fourth-order valence-corrected chi connectivity index (χ4v) is 9.85. The molecule has 11 aromatic rings. The fourth-order valence-electron chi connectivity index (χ4n) is 9.85.